The largest absolute Gasteiger partial charge is 0.494 e. The molecule has 2 rings (SSSR count). The Kier molecular flexibility index (Phi) is 7.61. The highest BCUT2D eigenvalue weighted by atomic mass is 32.1. The highest BCUT2D eigenvalue weighted by Crippen LogP contribution is 2.35. The van der Waals surface area contributed by atoms with E-state index in [2.05, 4.69) is 5.32 Å². The van der Waals surface area contributed by atoms with E-state index in [4.69, 9.17) is 14.2 Å². The summed E-state index contributed by atoms with van der Waals surface area (Å²) in [4.78, 5) is 38.1. The molecule has 0 fully saturated rings. The zero-order valence-corrected chi connectivity index (χ0v) is 18.9. The third-order valence-corrected chi connectivity index (χ3v) is 5.05. The topological polar surface area (TPSA) is 90.9 Å². The maximum Gasteiger partial charge on any atom is 0.349 e. The highest BCUT2D eigenvalue weighted by molar-refractivity contribution is 7.18. The number of nitrogens with one attached hydrogen (secondary N) is 1. The van der Waals surface area contributed by atoms with Crippen LogP contribution in [0.3, 0.4) is 0 Å². The van der Waals surface area contributed by atoms with Crippen LogP contribution in [0.2, 0.25) is 0 Å². The lowest BCUT2D eigenvalue weighted by Crippen LogP contribution is -2.23. The molecule has 1 aromatic heterocycles. The molecule has 0 unspecified atom stereocenters. The number of anilines is 1. The summed E-state index contributed by atoms with van der Waals surface area (Å²) in [5.41, 5.74) is 0.262. The number of hydrogen-bond acceptors (Lipinski definition) is 7. The minimum absolute atomic E-state index is 0.155. The molecular formula is C22H27NO6S. The highest BCUT2D eigenvalue weighted by Gasteiger charge is 2.29. The summed E-state index contributed by atoms with van der Waals surface area (Å²) in [6, 6.07) is 6.63. The molecule has 0 radical (unpaired) electrons. The molecule has 0 aliphatic rings. The molecule has 0 aliphatic heterocycles. The number of hydrogen-bond donors (Lipinski definition) is 1. The lowest BCUT2D eigenvalue weighted by molar-refractivity contribution is 0.00744. The van der Waals surface area contributed by atoms with Gasteiger partial charge in [-0.1, -0.05) is 0 Å². The summed E-state index contributed by atoms with van der Waals surface area (Å²) in [7, 11) is 0. The predicted molar refractivity (Wildman–Crippen MR) is 116 cm³/mol. The molecule has 1 N–H and O–H groups in total. The maximum atomic E-state index is 12.7. The van der Waals surface area contributed by atoms with E-state index in [1.807, 2.05) is 6.92 Å². The fraction of sp³-hybridized carbons (Fsp3) is 0.409. The van der Waals surface area contributed by atoms with Crippen molar-refractivity contribution in [1.82, 2.24) is 0 Å². The normalized spacial score (nSPS) is 11.0. The van der Waals surface area contributed by atoms with Crippen molar-refractivity contribution in [2.75, 3.05) is 18.5 Å². The van der Waals surface area contributed by atoms with Crippen LogP contribution in [0.15, 0.2) is 24.3 Å². The summed E-state index contributed by atoms with van der Waals surface area (Å²) in [5, 5.41) is 2.97. The standard InChI is InChI=1S/C22H27NO6S/c1-7-27-15-11-9-14(10-12-15)18(24)23-19-16(20(25)28-8-2)13(3)17(30-19)21(26)29-22(4,5)6/h9-12H,7-8H2,1-6H3,(H,23,24). The van der Waals surface area contributed by atoms with Crippen LogP contribution in [-0.4, -0.2) is 36.7 Å². The SMILES string of the molecule is CCOC(=O)c1c(NC(=O)c2ccc(OCC)cc2)sc(C(=O)OC(C)(C)C)c1C. The van der Waals surface area contributed by atoms with E-state index in [0.717, 1.165) is 11.3 Å². The van der Waals surface area contributed by atoms with Crippen LogP contribution in [0, 0.1) is 6.92 Å². The summed E-state index contributed by atoms with van der Waals surface area (Å²) in [5.74, 6) is -0.929. The molecule has 0 saturated carbocycles. The van der Waals surface area contributed by atoms with Crippen LogP contribution >= 0.6 is 11.3 Å². The Morgan fingerprint density at radius 3 is 2.17 bits per heavy atom. The Bertz CT molecular complexity index is 924. The van der Waals surface area contributed by atoms with Gasteiger partial charge in [0, 0.05) is 5.56 Å². The molecule has 0 atom stereocenters. The van der Waals surface area contributed by atoms with Crippen molar-refractivity contribution in [1.29, 1.82) is 0 Å². The van der Waals surface area contributed by atoms with Gasteiger partial charge in [-0.25, -0.2) is 9.59 Å². The summed E-state index contributed by atoms with van der Waals surface area (Å²) in [6.45, 7) is 11.2. The monoisotopic (exact) mass is 433 g/mol. The van der Waals surface area contributed by atoms with E-state index in [0.29, 0.717) is 23.5 Å². The van der Waals surface area contributed by atoms with Gasteiger partial charge in [0.1, 0.15) is 21.2 Å². The van der Waals surface area contributed by atoms with Gasteiger partial charge in [0.05, 0.1) is 18.8 Å². The molecule has 7 nitrogen and oxygen atoms in total. The zero-order chi connectivity index (χ0) is 22.5. The molecular weight excluding hydrogens is 406 g/mol. The third-order valence-electron chi connectivity index (χ3n) is 3.87. The minimum Gasteiger partial charge on any atom is -0.494 e. The minimum atomic E-state index is -0.691. The predicted octanol–water partition coefficient (Wildman–Crippen LogP) is 4.84. The van der Waals surface area contributed by atoms with Gasteiger partial charge in [-0.15, -0.1) is 11.3 Å². The summed E-state index contributed by atoms with van der Waals surface area (Å²) < 4.78 is 15.9. The first-order valence-electron chi connectivity index (χ1n) is 9.65. The van der Waals surface area contributed by atoms with Crippen molar-refractivity contribution in [3.63, 3.8) is 0 Å². The van der Waals surface area contributed by atoms with Crippen molar-refractivity contribution >= 4 is 34.2 Å². The van der Waals surface area contributed by atoms with Crippen LogP contribution in [0.1, 0.15) is 70.6 Å². The fourth-order valence-corrected chi connectivity index (χ4v) is 3.68. The van der Waals surface area contributed by atoms with Gasteiger partial charge < -0.3 is 19.5 Å². The second-order valence-electron chi connectivity index (χ2n) is 7.39. The molecule has 2 aromatic rings. The quantitative estimate of drug-likeness (QED) is 0.629. The van der Waals surface area contributed by atoms with Crippen molar-refractivity contribution in [3.8, 4) is 5.75 Å². The average molecular weight is 434 g/mol. The Morgan fingerprint density at radius 2 is 1.63 bits per heavy atom. The van der Waals surface area contributed by atoms with Crippen molar-refractivity contribution < 1.29 is 28.6 Å². The number of esters is 2. The molecule has 30 heavy (non-hydrogen) atoms. The van der Waals surface area contributed by atoms with E-state index in [1.54, 1.807) is 58.9 Å². The third kappa shape index (κ3) is 5.82. The molecule has 1 heterocycles. The number of amides is 1. The van der Waals surface area contributed by atoms with E-state index >= 15 is 0 Å². The van der Waals surface area contributed by atoms with Crippen LogP contribution in [0.4, 0.5) is 5.00 Å². The van der Waals surface area contributed by atoms with Gasteiger partial charge in [0.25, 0.3) is 5.91 Å². The maximum absolute atomic E-state index is 12.7. The first-order chi connectivity index (χ1) is 14.1. The zero-order valence-electron chi connectivity index (χ0n) is 18.1. The van der Waals surface area contributed by atoms with Gasteiger partial charge in [-0.05, 0) is 71.4 Å². The molecule has 1 aromatic carbocycles. The Hall–Kier alpha value is -2.87. The molecule has 0 saturated heterocycles. The van der Waals surface area contributed by atoms with Gasteiger partial charge in [0.2, 0.25) is 0 Å². The number of benzene rings is 1. The lowest BCUT2D eigenvalue weighted by atomic mass is 10.1. The fourth-order valence-electron chi connectivity index (χ4n) is 2.61. The van der Waals surface area contributed by atoms with Gasteiger partial charge in [0.15, 0.2) is 0 Å². The molecule has 162 valence electrons. The first kappa shape index (κ1) is 23.4. The lowest BCUT2D eigenvalue weighted by Gasteiger charge is -2.19. The molecule has 0 aliphatic carbocycles. The van der Waals surface area contributed by atoms with Crippen LogP contribution in [0.25, 0.3) is 0 Å². The molecule has 1 amide bonds. The van der Waals surface area contributed by atoms with Crippen LogP contribution < -0.4 is 10.1 Å². The first-order valence-corrected chi connectivity index (χ1v) is 10.5. The van der Waals surface area contributed by atoms with E-state index in [9.17, 15) is 14.4 Å². The Balaban J connectivity index is 2.37. The number of ether oxygens (including phenoxy) is 3. The summed E-state index contributed by atoms with van der Waals surface area (Å²) >= 11 is 0.991. The van der Waals surface area contributed by atoms with E-state index in [-0.39, 0.29) is 22.0 Å². The number of carbonyl (C=O) groups excluding carboxylic acids is 3. The smallest absolute Gasteiger partial charge is 0.349 e. The van der Waals surface area contributed by atoms with Crippen LogP contribution in [0.5, 0.6) is 5.75 Å². The molecule has 0 bridgehead atoms. The second kappa shape index (κ2) is 9.75. The number of carbonyl (C=O) groups is 3. The van der Waals surface area contributed by atoms with Gasteiger partial charge in [-0.3, -0.25) is 4.79 Å². The summed E-state index contributed by atoms with van der Waals surface area (Å²) in [6.07, 6.45) is 0. The van der Waals surface area contributed by atoms with Gasteiger partial charge in [-0.2, -0.15) is 0 Å². The Labute approximate surface area is 180 Å². The van der Waals surface area contributed by atoms with Crippen molar-refractivity contribution in [3.05, 3.63) is 45.8 Å². The van der Waals surface area contributed by atoms with E-state index < -0.39 is 23.4 Å². The van der Waals surface area contributed by atoms with Crippen LogP contribution in [-0.2, 0) is 9.47 Å². The van der Waals surface area contributed by atoms with E-state index in [1.165, 1.54) is 0 Å². The average Bonchev–Trinajstić information content (AvgIpc) is 2.97. The Morgan fingerprint density at radius 1 is 1.00 bits per heavy atom. The number of thiophene rings is 1. The molecule has 0 spiro atoms. The number of rotatable bonds is 7. The van der Waals surface area contributed by atoms with Gasteiger partial charge >= 0.3 is 11.9 Å². The molecule has 8 heteroatoms. The van der Waals surface area contributed by atoms with Crippen molar-refractivity contribution in [2.45, 2.75) is 47.1 Å². The van der Waals surface area contributed by atoms with Crippen molar-refractivity contribution in [2.24, 2.45) is 0 Å². The second-order valence-corrected chi connectivity index (χ2v) is 8.41.